The Morgan fingerprint density at radius 2 is 1.76 bits per heavy atom. The second-order valence-corrected chi connectivity index (χ2v) is 9.11. The highest BCUT2D eigenvalue weighted by molar-refractivity contribution is 8.18. The number of anilines is 1. The highest BCUT2D eigenvalue weighted by atomic mass is 35.5. The third-order valence-corrected chi connectivity index (χ3v) is 6.55. The maximum Gasteiger partial charge on any atom is 0.294 e. The number of amides is 3. The maximum atomic E-state index is 12.9. The van der Waals surface area contributed by atoms with Gasteiger partial charge >= 0.3 is 0 Å². The zero-order valence-electron chi connectivity index (χ0n) is 18.8. The SMILES string of the molecule is COc1ccc(NC(=O)CN2C(=O)S/C(=C/c3cc(C)n(-c4ccc(Cl)cc4)c3C)C2=O)cc1. The number of carbonyl (C=O) groups is 3. The van der Waals surface area contributed by atoms with Crippen molar-refractivity contribution in [3.05, 3.63) is 81.5 Å². The molecule has 1 fully saturated rings. The third kappa shape index (κ3) is 4.88. The van der Waals surface area contributed by atoms with E-state index in [-0.39, 0.29) is 11.4 Å². The van der Waals surface area contributed by atoms with E-state index >= 15 is 0 Å². The van der Waals surface area contributed by atoms with Crippen molar-refractivity contribution in [1.82, 2.24) is 9.47 Å². The van der Waals surface area contributed by atoms with E-state index in [9.17, 15) is 14.4 Å². The number of hydrogen-bond acceptors (Lipinski definition) is 5. The van der Waals surface area contributed by atoms with Crippen molar-refractivity contribution >= 4 is 52.2 Å². The van der Waals surface area contributed by atoms with Crippen LogP contribution in [0.4, 0.5) is 10.5 Å². The van der Waals surface area contributed by atoms with Gasteiger partial charge in [-0.2, -0.15) is 0 Å². The van der Waals surface area contributed by atoms with Crippen LogP contribution in [0.3, 0.4) is 0 Å². The normalized spacial score (nSPS) is 14.7. The van der Waals surface area contributed by atoms with Crippen molar-refractivity contribution in [3.63, 3.8) is 0 Å². The molecule has 7 nitrogen and oxygen atoms in total. The van der Waals surface area contributed by atoms with Crippen molar-refractivity contribution in [2.45, 2.75) is 13.8 Å². The highest BCUT2D eigenvalue weighted by Gasteiger charge is 2.36. The van der Waals surface area contributed by atoms with E-state index < -0.39 is 17.1 Å². The van der Waals surface area contributed by atoms with E-state index in [1.165, 1.54) is 0 Å². The molecule has 34 heavy (non-hydrogen) atoms. The van der Waals surface area contributed by atoms with Gasteiger partial charge in [-0.15, -0.1) is 0 Å². The molecule has 0 atom stereocenters. The highest BCUT2D eigenvalue weighted by Crippen LogP contribution is 2.34. The number of benzene rings is 2. The molecule has 1 aromatic heterocycles. The van der Waals surface area contributed by atoms with Gasteiger partial charge in [0.25, 0.3) is 11.1 Å². The van der Waals surface area contributed by atoms with Crippen LogP contribution in [-0.2, 0) is 9.59 Å². The molecule has 0 saturated carbocycles. The van der Waals surface area contributed by atoms with E-state index in [1.54, 1.807) is 37.5 Å². The van der Waals surface area contributed by atoms with Gasteiger partial charge in [-0.05, 0) is 91.8 Å². The lowest BCUT2D eigenvalue weighted by molar-refractivity contribution is -0.127. The summed E-state index contributed by atoms with van der Waals surface area (Å²) < 4.78 is 7.14. The fourth-order valence-electron chi connectivity index (χ4n) is 3.72. The summed E-state index contributed by atoms with van der Waals surface area (Å²) >= 11 is 6.83. The smallest absolute Gasteiger partial charge is 0.294 e. The zero-order valence-corrected chi connectivity index (χ0v) is 20.4. The number of imide groups is 1. The third-order valence-electron chi connectivity index (χ3n) is 5.39. The Labute approximate surface area is 206 Å². The minimum absolute atomic E-state index is 0.276. The Balaban J connectivity index is 1.50. The standard InChI is InChI=1S/C25H22ClN3O4S/c1-15-12-17(16(2)29(15)20-8-4-18(26)5-9-20)13-22-24(31)28(25(32)34-22)14-23(30)27-19-6-10-21(33-3)11-7-19/h4-13H,14H2,1-3H3,(H,27,30)/b22-13+. The predicted octanol–water partition coefficient (Wildman–Crippen LogP) is 5.43. The van der Waals surface area contributed by atoms with Gasteiger partial charge in [0, 0.05) is 27.8 Å². The molecule has 174 valence electrons. The molecule has 1 aliphatic heterocycles. The molecule has 3 aromatic rings. The fourth-order valence-corrected chi connectivity index (χ4v) is 4.67. The van der Waals surface area contributed by atoms with Crippen molar-refractivity contribution in [3.8, 4) is 11.4 Å². The first-order valence-electron chi connectivity index (χ1n) is 10.4. The molecule has 2 heterocycles. The molecular weight excluding hydrogens is 474 g/mol. The second kappa shape index (κ2) is 9.79. The number of halogens is 1. The van der Waals surface area contributed by atoms with Gasteiger partial charge in [0.15, 0.2) is 0 Å². The molecular formula is C25H22ClN3O4S. The van der Waals surface area contributed by atoms with Crippen LogP contribution in [0.1, 0.15) is 17.0 Å². The molecule has 0 unspecified atom stereocenters. The van der Waals surface area contributed by atoms with Gasteiger partial charge in [-0.3, -0.25) is 19.3 Å². The number of thioether (sulfide) groups is 1. The largest absolute Gasteiger partial charge is 0.497 e. The predicted molar refractivity (Wildman–Crippen MR) is 135 cm³/mol. The number of ether oxygens (including phenoxy) is 1. The average Bonchev–Trinajstić information content (AvgIpc) is 3.24. The summed E-state index contributed by atoms with van der Waals surface area (Å²) in [5.74, 6) is -0.296. The van der Waals surface area contributed by atoms with E-state index in [4.69, 9.17) is 16.3 Å². The van der Waals surface area contributed by atoms with Gasteiger partial charge in [-0.1, -0.05) is 11.6 Å². The average molecular weight is 496 g/mol. The summed E-state index contributed by atoms with van der Waals surface area (Å²) in [5.41, 5.74) is 4.21. The molecule has 2 aromatic carbocycles. The summed E-state index contributed by atoms with van der Waals surface area (Å²) in [6, 6.07) is 16.2. The van der Waals surface area contributed by atoms with Crippen LogP contribution in [0.25, 0.3) is 11.8 Å². The Hall–Kier alpha value is -3.49. The summed E-state index contributed by atoms with van der Waals surface area (Å²) in [6.45, 7) is 3.55. The maximum absolute atomic E-state index is 12.9. The number of hydrogen-bond donors (Lipinski definition) is 1. The molecule has 1 N–H and O–H groups in total. The van der Waals surface area contributed by atoms with Gasteiger partial charge in [0.2, 0.25) is 5.91 Å². The number of rotatable bonds is 6. The summed E-state index contributed by atoms with van der Waals surface area (Å²) in [4.78, 5) is 39.0. The van der Waals surface area contributed by atoms with Crippen LogP contribution < -0.4 is 10.1 Å². The number of methoxy groups -OCH3 is 1. The van der Waals surface area contributed by atoms with Crippen LogP contribution in [-0.4, -0.2) is 40.2 Å². The zero-order chi connectivity index (χ0) is 24.4. The second-order valence-electron chi connectivity index (χ2n) is 7.68. The molecule has 1 saturated heterocycles. The Bertz CT molecular complexity index is 1300. The lowest BCUT2D eigenvalue weighted by Crippen LogP contribution is -2.36. The monoisotopic (exact) mass is 495 g/mol. The molecule has 3 amide bonds. The molecule has 9 heteroatoms. The summed E-state index contributed by atoms with van der Waals surface area (Å²) in [5, 5.41) is 2.86. The van der Waals surface area contributed by atoms with Crippen LogP contribution in [0.5, 0.6) is 5.75 Å². The molecule has 4 rings (SSSR count). The Kier molecular flexibility index (Phi) is 6.81. The van der Waals surface area contributed by atoms with Crippen molar-refractivity contribution < 1.29 is 19.1 Å². The first kappa shape index (κ1) is 23.7. The van der Waals surface area contributed by atoms with Crippen LogP contribution in [0, 0.1) is 13.8 Å². The number of aryl methyl sites for hydroxylation is 1. The van der Waals surface area contributed by atoms with Crippen LogP contribution in [0.2, 0.25) is 5.02 Å². The number of aromatic nitrogens is 1. The summed E-state index contributed by atoms with van der Waals surface area (Å²) in [6.07, 6.45) is 1.70. The number of nitrogens with one attached hydrogen (secondary N) is 1. The quantitative estimate of drug-likeness (QED) is 0.461. The van der Waals surface area contributed by atoms with E-state index in [2.05, 4.69) is 9.88 Å². The van der Waals surface area contributed by atoms with Crippen molar-refractivity contribution in [1.29, 1.82) is 0 Å². The first-order chi connectivity index (χ1) is 16.3. The van der Waals surface area contributed by atoms with E-state index in [0.29, 0.717) is 16.5 Å². The minimum Gasteiger partial charge on any atom is -0.497 e. The van der Waals surface area contributed by atoms with Gasteiger partial charge in [-0.25, -0.2) is 0 Å². The molecule has 1 aliphatic rings. The summed E-state index contributed by atoms with van der Waals surface area (Å²) in [7, 11) is 1.55. The fraction of sp³-hybridized carbons (Fsp3) is 0.160. The van der Waals surface area contributed by atoms with Crippen LogP contribution >= 0.6 is 23.4 Å². The minimum atomic E-state index is -0.490. The molecule has 0 spiro atoms. The Morgan fingerprint density at radius 1 is 1.09 bits per heavy atom. The molecule has 0 radical (unpaired) electrons. The van der Waals surface area contributed by atoms with Crippen molar-refractivity contribution in [2.24, 2.45) is 0 Å². The van der Waals surface area contributed by atoms with Gasteiger partial charge in [0.1, 0.15) is 12.3 Å². The number of nitrogens with zero attached hydrogens (tertiary/aromatic N) is 2. The first-order valence-corrected chi connectivity index (χ1v) is 11.6. The topological polar surface area (TPSA) is 80.6 Å². The molecule has 0 aliphatic carbocycles. The van der Waals surface area contributed by atoms with E-state index in [1.807, 2.05) is 44.2 Å². The molecule has 0 bridgehead atoms. The van der Waals surface area contributed by atoms with Crippen molar-refractivity contribution in [2.75, 3.05) is 19.0 Å². The Morgan fingerprint density at radius 3 is 2.41 bits per heavy atom. The lowest BCUT2D eigenvalue weighted by Gasteiger charge is -2.12. The van der Waals surface area contributed by atoms with E-state index in [0.717, 1.165) is 39.3 Å². The number of carbonyl (C=O) groups excluding carboxylic acids is 3. The van der Waals surface area contributed by atoms with Crippen LogP contribution in [0.15, 0.2) is 59.5 Å². The lowest BCUT2D eigenvalue weighted by atomic mass is 10.2. The van der Waals surface area contributed by atoms with Gasteiger partial charge < -0.3 is 14.6 Å². The van der Waals surface area contributed by atoms with Gasteiger partial charge in [0.05, 0.1) is 12.0 Å².